The van der Waals surface area contributed by atoms with Crippen molar-refractivity contribution < 1.29 is 0 Å². The number of hydrogen-bond acceptors (Lipinski definition) is 1. The van der Waals surface area contributed by atoms with Crippen molar-refractivity contribution in [1.82, 2.24) is 9.13 Å². The van der Waals surface area contributed by atoms with Crippen molar-refractivity contribution in [3.63, 3.8) is 0 Å². The van der Waals surface area contributed by atoms with E-state index in [1.54, 1.807) is 23.2 Å². The molecule has 0 unspecified atom stereocenters. The van der Waals surface area contributed by atoms with Crippen molar-refractivity contribution in [2.24, 2.45) is 14.1 Å². The normalized spacial score (nSPS) is 10.1. The van der Waals surface area contributed by atoms with Gasteiger partial charge in [0, 0.05) is 18.6 Å². The Kier molecular flexibility index (Phi) is 3.97. The molecule has 16 heavy (non-hydrogen) atoms. The van der Waals surface area contributed by atoms with Crippen molar-refractivity contribution in [2.75, 3.05) is 0 Å². The van der Waals surface area contributed by atoms with E-state index in [0.29, 0.717) is 0 Å². The molecule has 4 heteroatoms. The smallest absolute Gasteiger partial charge is 0.295 e. The van der Waals surface area contributed by atoms with Gasteiger partial charge in [-0.3, -0.25) is 9.13 Å². The summed E-state index contributed by atoms with van der Waals surface area (Å²) in [6, 6.07) is 3.98. The fraction of sp³-hybridized carbons (Fsp3) is 0.417. The summed E-state index contributed by atoms with van der Waals surface area (Å²) < 4.78 is 4.34. The lowest BCUT2D eigenvalue weighted by Crippen LogP contribution is -2.19. The van der Waals surface area contributed by atoms with Gasteiger partial charge in [0.1, 0.15) is 0 Å². The van der Waals surface area contributed by atoms with Gasteiger partial charge in [-0.05, 0) is 24.6 Å². The van der Waals surface area contributed by atoms with E-state index in [2.05, 4.69) is 15.9 Å². The third-order valence-corrected chi connectivity index (χ3v) is 2.97. The van der Waals surface area contributed by atoms with E-state index >= 15 is 0 Å². The summed E-state index contributed by atoms with van der Waals surface area (Å²) in [5.41, 5.74) is 3.08. The Labute approximate surface area is 104 Å². The van der Waals surface area contributed by atoms with Crippen LogP contribution in [0.25, 0.3) is 11.0 Å². The molecule has 0 radical (unpaired) electrons. The zero-order chi connectivity index (χ0) is 12.5. The van der Waals surface area contributed by atoms with E-state index in [1.807, 2.05) is 32.9 Å². The fourth-order valence-electron chi connectivity index (χ4n) is 1.83. The van der Waals surface area contributed by atoms with Crippen molar-refractivity contribution in [2.45, 2.75) is 20.8 Å². The first-order valence-corrected chi connectivity index (χ1v) is 6.13. The molecule has 0 spiro atoms. The average Bonchev–Trinajstić information content (AvgIpc) is 2.47. The number of fused-ring (bicyclic) bond motifs is 1. The molecule has 0 bridgehead atoms. The zero-order valence-electron chi connectivity index (χ0n) is 10.3. The van der Waals surface area contributed by atoms with Crippen LogP contribution in [0, 0.1) is 6.92 Å². The second-order valence-corrected chi connectivity index (χ2v) is 4.41. The summed E-state index contributed by atoms with van der Waals surface area (Å²) in [4.78, 5) is 11.7. The molecule has 0 N–H and O–H groups in total. The number of halogens is 1. The van der Waals surface area contributed by atoms with Crippen LogP contribution >= 0.6 is 15.9 Å². The molecule has 0 saturated carbocycles. The molecule has 2 rings (SSSR count). The lowest BCUT2D eigenvalue weighted by molar-refractivity contribution is 0.794. The molecule has 1 aromatic heterocycles. The van der Waals surface area contributed by atoms with Gasteiger partial charge in [0.25, 0.3) is 0 Å². The lowest BCUT2D eigenvalue weighted by Gasteiger charge is -2.00. The van der Waals surface area contributed by atoms with Crippen molar-refractivity contribution in [1.29, 1.82) is 0 Å². The molecule has 3 nitrogen and oxygen atoms in total. The number of benzene rings is 1. The van der Waals surface area contributed by atoms with E-state index in [9.17, 15) is 4.79 Å². The highest BCUT2D eigenvalue weighted by Crippen LogP contribution is 2.22. The van der Waals surface area contributed by atoms with Crippen molar-refractivity contribution in [3.05, 3.63) is 32.7 Å². The van der Waals surface area contributed by atoms with Gasteiger partial charge in [-0.1, -0.05) is 29.8 Å². The van der Waals surface area contributed by atoms with Gasteiger partial charge in [-0.2, -0.15) is 0 Å². The third kappa shape index (κ3) is 1.94. The summed E-state index contributed by atoms with van der Waals surface area (Å²) in [5.74, 6) is 0. The first-order valence-electron chi connectivity index (χ1n) is 5.34. The SMILES string of the molecule is CC.Cc1cc(Br)cc2c1n(C)c(=O)n2C. The molecule has 1 aromatic carbocycles. The summed E-state index contributed by atoms with van der Waals surface area (Å²) in [7, 11) is 3.59. The molecule has 0 aliphatic heterocycles. The molecule has 0 saturated heterocycles. The quantitative estimate of drug-likeness (QED) is 0.731. The minimum atomic E-state index is 0.0150. The monoisotopic (exact) mass is 284 g/mol. The van der Waals surface area contributed by atoms with Gasteiger partial charge in [-0.15, -0.1) is 0 Å². The second kappa shape index (κ2) is 4.87. The predicted molar refractivity (Wildman–Crippen MR) is 71.9 cm³/mol. The van der Waals surface area contributed by atoms with Gasteiger partial charge in [0.05, 0.1) is 11.0 Å². The zero-order valence-corrected chi connectivity index (χ0v) is 11.9. The Bertz CT molecular complexity index is 566. The minimum absolute atomic E-state index is 0.0150. The Balaban J connectivity index is 0.000000606. The molecular formula is C12H17BrN2O. The molecule has 1 heterocycles. The van der Waals surface area contributed by atoms with E-state index in [-0.39, 0.29) is 5.69 Å². The Morgan fingerprint density at radius 1 is 1.12 bits per heavy atom. The highest BCUT2D eigenvalue weighted by molar-refractivity contribution is 9.10. The van der Waals surface area contributed by atoms with Gasteiger partial charge >= 0.3 is 5.69 Å². The van der Waals surface area contributed by atoms with Gasteiger partial charge < -0.3 is 0 Å². The molecule has 0 fully saturated rings. The van der Waals surface area contributed by atoms with Crippen LogP contribution in [0.15, 0.2) is 21.4 Å². The number of aryl methyl sites for hydroxylation is 3. The highest BCUT2D eigenvalue weighted by atomic mass is 79.9. The molecular weight excluding hydrogens is 268 g/mol. The topological polar surface area (TPSA) is 26.9 Å². The summed E-state index contributed by atoms with van der Waals surface area (Å²) in [6.45, 7) is 6.01. The average molecular weight is 285 g/mol. The number of imidazole rings is 1. The maximum Gasteiger partial charge on any atom is 0.328 e. The van der Waals surface area contributed by atoms with E-state index in [4.69, 9.17) is 0 Å². The molecule has 2 aromatic rings. The van der Waals surface area contributed by atoms with Crippen molar-refractivity contribution >= 4 is 27.0 Å². The summed E-state index contributed by atoms with van der Waals surface area (Å²) in [5, 5.41) is 0. The van der Waals surface area contributed by atoms with Crippen LogP contribution in [0.5, 0.6) is 0 Å². The van der Waals surface area contributed by atoms with Crippen LogP contribution in [0.3, 0.4) is 0 Å². The lowest BCUT2D eigenvalue weighted by atomic mass is 10.2. The fourth-order valence-corrected chi connectivity index (χ4v) is 2.39. The third-order valence-electron chi connectivity index (χ3n) is 2.52. The second-order valence-electron chi connectivity index (χ2n) is 3.49. The molecule has 0 aliphatic carbocycles. The van der Waals surface area contributed by atoms with Gasteiger partial charge in [0.15, 0.2) is 0 Å². The van der Waals surface area contributed by atoms with E-state index < -0.39 is 0 Å². The first-order chi connectivity index (χ1) is 7.52. The first kappa shape index (κ1) is 13.0. The van der Waals surface area contributed by atoms with Crippen LogP contribution in [-0.4, -0.2) is 9.13 Å². The highest BCUT2D eigenvalue weighted by Gasteiger charge is 2.10. The Morgan fingerprint density at radius 3 is 2.25 bits per heavy atom. The van der Waals surface area contributed by atoms with Crippen LogP contribution in [0.1, 0.15) is 19.4 Å². The van der Waals surface area contributed by atoms with E-state index in [0.717, 1.165) is 21.1 Å². The maximum absolute atomic E-state index is 11.7. The predicted octanol–water partition coefficient (Wildman–Crippen LogP) is 2.97. The summed E-state index contributed by atoms with van der Waals surface area (Å²) >= 11 is 3.43. The number of nitrogens with zero attached hydrogens (tertiary/aromatic N) is 2. The van der Waals surface area contributed by atoms with Gasteiger partial charge in [0.2, 0.25) is 0 Å². The van der Waals surface area contributed by atoms with Gasteiger partial charge in [-0.25, -0.2) is 4.79 Å². The number of rotatable bonds is 0. The Hall–Kier alpha value is -1.03. The largest absolute Gasteiger partial charge is 0.328 e. The number of aromatic nitrogens is 2. The van der Waals surface area contributed by atoms with Crippen LogP contribution in [0.2, 0.25) is 0 Å². The van der Waals surface area contributed by atoms with Crippen LogP contribution < -0.4 is 5.69 Å². The molecule has 0 atom stereocenters. The van der Waals surface area contributed by atoms with Crippen molar-refractivity contribution in [3.8, 4) is 0 Å². The minimum Gasteiger partial charge on any atom is -0.295 e. The molecule has 0 amide bonds. The maximum atomic E-state index is 11.7. The van der Waals surface area contributed by atoms with Crippen LogP contribution in [-0.2, 0) is 14.1 Å². The number of hydrogen-bond donors (Lipinski definition) is 0. The standard InChI is InChI=1S/C10H11BrN2O.C2H6/c1-6-4-7(11)5-8-9(6)13(3)10(14)12(8)2;1-2/h4-5H,1-3H3;1-2H3. The Morgan fingerprint density at radius 2 is 1.69 bits per heavy atom. The van der Waals surface area contributed by atoms with E-state index in [1.165, 1.54) is 0 Å². The summed E-state index contributed by atoms with van der Waals surface area (Å²) in [6.07, 6.45) is 0. The molecule has 88 valence electrons. The molecule has 0 aliphatic rings. The van der Waals surface area contributed by atoms with Crippen LogP contribution in [0.4, 0.5) is 0 Å².